The van der Waals surface area contributed by atoms with Crippen LogP contribution in [-0.4, -0.2) is 28.8 Å². The largest absolute Gasteiger partial charge is 0.427 e. The third kappa shape index (κ3) is 5.68. The van der Waals surface area contributed by atoms with Crippen molar-refractivity contribution in [1.29, 1.82) is 0 Å². The first-order valence-electron chi connectivity index (χ1n) is 11.2. The minimum absolute atomic E-state index is 0.0288. The second kappa shape index (κ2) is 8.84. The first kappa shape index (κ1) is 24.2. The first-order valence-corrected chi connectivity index (χ1v) is 11.2. The molecule has 0 amide bonds. The molecule has 32 heavy (non-hydrogen) atoms. The van der Waals surface area contributed by atoms with E-state index in [0.29, 0.717) is 0 Å². The summed E-state index contributed by atoms with van der Waals surface area (Å²) in [5.74, 6) is 0. The molecule has 0 aliphatic heterocycles. The quantitative estimate of drug-likeness (QED) is 0.502. The number of hydrogen-bond acceptors (Lipinski definition) is 3. The molecule has 3 aromatic rings. The molecule has 1 radical (unpaired) electrons. The van der Waals surface area contributed by atoms with E-state index in [0.717, 1.165) is 22.3 Å². The van der Waals surface area contributed by atoms with Gasteiger partial charge in [0.05, 0.1) is 16.9 Å². The maximum atomic E-state index is 10.4. The van der Waals surface area contributed by atoms with Crippen LogP contribution >= 0.6 is 0 Å². The Balaban J connectivity index is 2.00. The van der Waals surface area contributed by atoms with Crippen LogP contribution in [0.2, 0.25) is 0 Å². The van der Waals surface area contributed by atoms with E-state index in [-0.39, 0.29) is 5.41 Å². The lowest BCUT2D eigenvalue weighted by atomic mass is 9.77. The van der Waals surface area contributed by atoms with Crippen molar-refractivity contribution in [3.05, 3.63) is 71.9 Å². The molecule has 1 heterocycles. The molecular formula is C28H35BNO2. The lowest BCUT2D eigenvalue weighted by Crippen LogP contribution is -2.49. The highest BCUT2D eigenvalue weighted by Gasteiger charge is 2.35. The second-order valence-corrected chi connectivity index (χ2v) is 10.7. The Morgan fingerprint density at radius 2 is 1.44 bits per heavy atom. The van der Waals surface area contributed by atoms with Gasteiger partial charge in [-0.15, -0.1) is 0 Å². The van der Waals surface area contributed by atoms with E-state index in [1.54, 1.807) is 21.3 Å². The average molecular weight is 428 g/mol. The number of aliphatic hydroxyl groups is 1. The van der Waals surface area contributed by atoms with Gasteiger partial charge in [0.25, 0.3) is 0 Å². The molecule has 0 bridgehead atoms. The zero-order valence-electron chi connectivity index (χ0n) is 20.7. The lowest BCUT2D eigenvalue weighted by Gasteiger charge is -2.37. The van der Waals surface area contributed by atoms with Crippen LogP contribution in [0.3, 0.4) is 0 Å². The molecule has 0 fully saturated rings. The van der Waals surface area contributed by atoms with Crippen molar-refractivity contribution in [2.45, 2.75) is 72.0 Å². The number of benzene rings is 2. The van der Waals surface area contributed by atoms with Gasteiger partial charge in [-0.1, -0.05) is 68.2 Å². The van der Waals surface area contributed by atoms with Crippen molar-refractivity contribution in [3.8, 4) is 22.4 Å². The van der Waals surface area contributed by atoms with Gasteiger partial charge < -0.3 is 9.76 Å². The van der Waals surface area contributed by atoms with Crippen molar-refractivity contribution >= 4 is 12.9 Å². The van der Waals surface area contributed by atoms with Crippen LogP contribution in [0.5, 0.6) is 0 Å². The van der Waals surface area contributed by atoms with Crippen molar-refractivity contribution < 1.29 is 9.76 Å². The van der Waals surface area contributed by atoms with E-state index in [4.69, 9.17) is 4.65 Å². The van der Waals surface area contributed by atoms with Crippen LogP contribution in [-0.2, 0) is 10.1 Å². The zero-order valence-corrected chi connectivity index (χ0v) is 20.7. The summed E-state index contributed by atoms with van der Waals surface area (Å²) in [7, 11) is 1.75. The standard InChI is InChI=1S/C28H35BNO2/c1-19-9-11-20(12-10-19)21-13-14-30-25(17-21)22-15-23(26(2,3)4)18-24(16-22)29-32-28(7,8)27(5,6)31/h9-18,31H,1-8H3. The molecule has 2 aromatic carbocycles. The zero-order chi connectivity index (χ0) is 23.7. The summed E-state index contributed by atoms with van der Waals surface area (Å²) < 4.78 is 6.05. The Morgan fingerprint density at radius 3 is 2.03 bits per heavy atom. The summed E-state index contributed by atoms with van der Waals surface area (Å²) >= 11 is 0. The third-order valence-corrected chi connectivity index (χ3v) is 6.22. The number of aromatic nitrogens is 1. The van der Waals surface area contributed by atoms with E-state index < -0.39 is 11.2 Å². The smallest absolute Gasteiger partial charge is 0.330 e. The van der Waals surface area contributed by atoms with Crippen molar-refractivity contribution in [2.75, 3.05) is 0 Å². The molecule has 0 saturated carbocycles. The summed E-state index contributed by atoms with van der Waals surface area (Å²) in [5.41, 5.74) is 5.95. The molecule has 1 N–H and O–H groups in total. The molecule has 0 atom stereocenters. The van der Waals surface area contributed by atoms with Gasteiger partial charge in [0.2, 0.25) is 0 Å². The molecular weight excluding hydrogens is 393 g/mol. The van der Waals surface area contributed by atoms with Crippen LogP contribution in [0.15, 0.2) is 60.8 Å². The molecule has 0 spiro atoms. The third-order valence-electron chi connectivity index (χ3n) is 6.22. The fourth-order valence-corrected chi connectivity index (χ4v) is 3.17. The Bertz CT molecular complexity index is 1070. The topological polar surface area (TPSA) is 42.4 Å². The number of pyridine rings is 1. The van der Waals surface area contributed by atoms with E-state index in [1.807, 2.05) is 26.1 Å². The highest BCUT2D eigenvalue weighted by atomic mass is 16.5. The minimum Gasteiger partial charge on any atom is -0.427 e. The maximum absolute atomic E-state index is 10.4. The summed E-state index contributed by atoms with van der Waals surface area (Å²) in [6.07, 6.45) is 1.87. The van der Waals surface area contributed by atoms with Gasteiger partial charge in [0.1, 0.15) is 0 Å². The van der Waals surface area contributed by atoms with E-state index in [2.05, 4.69) is 81.2 Å². The van der Waals surface area contributed by atoms with Crippen LogP contribution in [0.1, 0.15) is 59.6 Å². The fourth-order valence-electron chi connectivity index (χ4n) is 3.17. The number of hydrogen-bond donors (Lipinski definition) is 1. The van der Waals surface area contributed by atoms with E-state index in [9.17, 15) is 5.11 Å². The molecule has 3 rings (SSSR count). The monoisotopic (exact) mass is 428 g/mol. The van der Waals surface area contributed by atoms with Gasteiger partial charge in [-0.2, -0.15) is 0 Å². The van der Waals surface area contributed by atoms with E-state index in [1.165, 1.54) is 16.7 Å². The molecule has 0 saturated heterocycles. The highest BCUT2D eigenvalue weighted by molar-refractivity contribution is 6.47. The summed E-state index contributed by atoms with van der Waals surface area (Å²) in [6.45, 7) is 16.0. The van der Waals surface area contributed by atoms with Gasteiger partial charge in [0.15, 0.2) is 0 Å². The van der Waals surface area contributed by atoms with Crippen molar-refractivity contribution in [1.82, 2.24) is 4.98 Å². The molecule has 167 valence electrons. The Labute approximate surface area is 194 Å². The lowest BCUT2D eigenvalue weighted by molar-refractivity contribution is -0.0893. The van der Waals surface area contributed by atoms with Gasteiger partial charge in [-0.3, -0.25) is 4.98 Å². The number of aryl methyl sites for hydroxylation is 1. The average Bonchev–Trinajstić information content (AvgIpc) is 2.71. The molecule has 3 nitrogen and oxygen atoms in total. The van der Waals surface area contributed by atoms with Crippen LogP contribution in [0, 0.1) is 6.92 Å². The van der Waals surface area contributed by atoms with Crippen LogP contribution in [0.4, 0.5) is 0 Å². The minimum atomic E-state index is -0.974. The number of rotatable bonds is 6. The van der Waals surface area contributed by atoms with Gasteiger partial charge in [-0.25, -0.2) is 0 Å². The molecule has 0 unspecified atom stereocenters. The Kier molecular flexibility index (Phi) is 6.69. The molecule has 4 heteroatoms. The van der Waals surface area contributed by atoms with Gasteiger partial charge in [-0.05, 0) is 80.5 Å². The maximum Gasteiger partial charge on any atom is 0.330 e. The molecule has 1 aromatic heterocycles. The molecule has 0 aliphatic carbocycles. The summed E-state index contributed by atoms with van der Waals surface area (Å²) in [4.78, 5) is 4.67. The Morgan fingerprint density at radius 1 is 0.781 bits per heavy atom. The van der Waals surface area contributed by atoms with E-state index >= 15 is 0 Å². The molecule has 0 aliphatic rings. The fraction of sp³-hybridized carbons (Fsp3) is 0.393. The highest BCUT2D eigenvalue weighted by Crippen LogP contribution is 2.29. The predicted octanol–water partition coefficient (Wildman–Crippen LogP) is 5.83. The van der Waals surface area contributed by atoms with Crippen LogP contribution in [0.25, 0.3) is 22.4 Å². The van der Waals surface area contributed by atoms with Crippen molar-refractivity contribution in [3.63, 3.8) is 0 Å². The van der Waals surface area contributed by atoms with Crippen molar-refractivity contribution in [2.24, 2.45) is 0 Å². The van der Waals surface area contributed by atoms with Gasteiger partial charge in [0, 0.05) is 6.20 Å². The first-order chi connectivity index (χ1) is 14.8. The SMILES string of the molecule is Cc1ccc(-c2ccnc(-c3cc([B]OC(C)(C)C(C)(C)O)cc(C(C)(C)C)c3)c2)cc1. The second-order valence-electron chi connectivity index (χ2n) is 10.7. The van der Waals surface area contributed by atoms with Gasteiger partial charge >= 0.3 is 7.48 Å². The predicted molar refractivity (Wildman–Crippen MR) is 135 cm³/mol. The number of nitrogens with zero attached hydrogens (tertiary/aromatic N) is 1. The Hall–Kier alpha value is -2.43. The summed E-state index contributed by atoms with van der Waals surface area (Å²) in [6, 6.07) is 19.2. The normalized spacial score (nSPS) is 12.7. The summed E-state index contributed by atoms with van der Waals surface area (Å²) in [5, 5.41) is 10.4. The van der Waals surface area contributed by atoms with Crippen LogP contribution < -0.4 is 5.46 Å².